The molecule has 0 spiro atoms. The van der Waals surface area contributed by atoms with Crippen molar-refractivity contribution in [1.82, 2.24) is 4.90 Å². The highest BCUT2D eigenvalue weighted by Gasteiger charge is 2.22. The molecule has 7 heteroatoms. The van der Waals surface area contributed by atoms with E-state index in [0.29, 0.717) is 28.8 Å². The fourth-order valence-corrected chi connectivity index (χ4v) is 3.03. The van der Waals surface area contributed by atoms with Gasteiger partial charge in [-0.05, 0) is 36.6 Å². The summed E-state index contributed by atoms with van der Waals surface area (Å²) >= 11 is 12.0. The zero-order valence-corrected chi connectivity index (χ0v) is 15.6. The molecule has 1 aromatic rings. The number of amides is 1. The van der Waals surface area contributed by atoms with Crippen molar-refractivity contribution in [3.63, 3.8) is 0 Å². The molecule has 0 bridgehead atoms. The average molecular weight is 386 g/mol. The van der Waals surface area contributed by atoms with Gasteiger partial charge in [-0.2, -0.15) is 0 Å². The van der Waals surface area contributed by atoms with E-state index in [-0.39, 0.29) is 30.9 Å². The van der Waals surface area contributed by atoms with Crippen molar-refractivity contribution in [2.75, 3.05) is 26.8 Å². The first kappa shape index (κ1) is 19.8. The van der Waals surface area contributed by atoms with Gasteiger partial charge in [-0.1, -0.05) is 29.3 Å². The molecule has 1 aromatic carbocycles. The van der Waals surface area contributed by atoms with Crippen molar-refractivity contribution in [1.29, 1.82) is 0 Å². The number of esters is 1. The van der Waals surface area contributed by atoms with Crippen LogP contribution in [0.2, 0.25) is 10.0 Å². The lowest BCUT2D eigenvalue weighted by Gasteiger charge is -2.24. The Morgan fingerprint density at radius 1 is 1.40 bits per heavy atom. The molecule has 1 heterocycles. The first-order valence-electron chi connectivity index (χ1n) is 8.10. The van der Waals surface area contributed by atoms with E-state index in [2.05, 4.69) is 4.74 Å². The SMILES string of the molecule is COC(=O)CCN(CC1CCCO1)C(=O)/C=C/c1ccc(Cl)cc1Cl. The Kier molecular flexibility index (Phi) is 7.75. The standard InChI is InChI=1S/C18H21Cl2NO4/c1-24-18(23)8-9-21(12-15-3-2-10-25-15)17(22)7-5-13-4-6-14(19)11-16(13)20/h4-7,11,15H,2-3,8-10,12H2,1H3/b7-5+. The Bertz CT molecular complexity index is 642. The topological polar surface area (TPSA) is 55.8 Å². The molecule has 1 fully saturated rings. The van der Waals surface area contributed by atoms with E-state index in [1.807, 2.05) is 0 Å². The van der Waals surface area contributed by atoms with Crippen LogP contribution in [0.5, 0.6) is 0 Å². The molecule has 0 radical (unpaired) electrons. The molecule has 0 aliphatic carbocycles. The van der Waals surface area contributed by atoms with E-state index >= 15 is 0 Å². The number of hydrogen-bond acceptors (Lipinski definition) is 4. The van der Waals surface area contributed by atoms with E-state index in [4.69, 9.17) is 27.9 Å². The molecule has 0 aromatic heterocycles. The van der Waals surface area contributed by atoms with Crippen molar-refractivity contribution >= 4 is 41.2 Å². The van der Waals surface area contributed by atoms with Gasteiger partial charge in [0.1, 0.15) is 0 Å². The Labute approximate surface area is 157 Å². The van der Waals surface area contributed by atoms with Crippen LogP contribution in [-0.4, -0.2) is 49.7 Å². The molecule has 2 rings (SSSR count). The monoisotopic (exact) mass is 385 g/mol. The van der Waals surface area contributed by atoms with Crippen LogP contribution < -0.4 is 0 Å². The van der Waals surface area contributed by atoms with E-state index in [0.717, 1.165) is 12.8 Å². The number of methoxy groups -OCH3 is 1. The number of nitrogens with zero attached hydrogens (tertiary/aromatic N) is 1. The van der Waals surface area contributed by atoms with E-state index in [1.54, 1.807) is 29.2 Å². The van der Waals surface area contributed by atoms with Crippen LogP contribution in [0.15, 0.2) is 24.3 Å². The Hall–Kier alpha value is -1.56. The summed E-state index contributed by atoms with van der Waals surface area (Å²) in [5.41, 5.74) is 0.699. The van der Waals surface area contributed by atoms with Gasteiger partial charge < -0.3 is 14.4 Å². The molecule has 136 valence electrons. The third kappa shape index (κ3) is 6.34. The third-order valence-electron chi connectivity index (χ3n) is 3.94. The normalized spacial score (nSPS) is 17.0. The van der Waals surface area contributed by atoms with Gasteiger partial charge in [-0.25, -0.2) is 0 Å². The predicted octanol–water partition coefficient (Wildman–Crippen LogP) is 3.58. The Balaban J connectivity index is 2.04. The van der Waals surface area contributed by atoms with Crippen molar-refractivity contribution in [3.8, 4) is 0 Å². The number of carbonyl (C=O) groups excluding carboxylic acids is 2. The second-order valence-electron chi connectivity index (χ2n) is 5.74. The van der Waals surface area contributed by atoms with Gasteiger partial charge in [0.2, 0.25) is 5.91 Å². The zero-order chi connectivity index (χ0) is 18.2. The molecule has 5 nitrogen and oxygen atoms in total. The lowest BCUT2D eigenvalue weighted by Crippen LogP contribution is -2.37. The quantitative estimate of drug-likeness (QED) is 0.531. The maximum Gasteiger partial charge on any atom is 0.307 e. The van der Waals surface area contributed by atoms with E-state index in [1.165, 1.54) is 13.2 Å². The van der Waals surface area contributed by atoms with Crippen LogP contribution in [0, 0.1) is 0 Å². The number of ether oxygens (including phenoxy) is 2. The van der Waals surface area contributed by atoms with Crippen LogP contribution >= 0.6 is 23.2 Å². The van der Waals surface area contributed by atoms with Crippen LogP contribution in [0.4, 0.5) is 0 Å². The molecular weight excluding hydrogens is 365 g/mol. The molecule has 1 unspecified atom stereocenters. The second kappa shape index (κ2) is 9.80. The fourth-order valence-electron chi connectivity index (χ4n) is 2.56. The Morgan fingerprint density at radius 3 is 2.84 bits per heavy atom. The van der Waals surface area contributed by atoms with E-state index in [9.17, 15) is 9.59 Å². The largest absolute Gasteiger partial charge is 0.469 e. The summed E-state index contributed by atoms with van der Waals surface area (Å²) in [4.78, 5) is 25.5. The van der Waals surface area contributed by atoms with Crippen LogP contribution in [-0.2, 0) is 19.1 Å². The van der Waals surface area contributed by atoms with Crippen molar-refractivity contribution in [3.05, 3.63) is 39.9 Å². The summed E-state index contributed by atoms with van der Waals surface area (Å²) in [7, 11) is 1.33. The molecule has 25 heavy (non-hydrogen) atoms. The molecule has 1 saturated heterocycles. The first-order chi connectivity index (χ1) is 12.0. The molecule has 1 atom stereocenters. The van der Waals surface area contributed by atoms with E-state index < -0.39 is 0 Å². The summed E-state index contributed by atoms with van der Waals surface area (Å²) in [5.74, 6) is -0.555. The summed E-state index contributed by atoms with van der Waals surface area (Å²) in [6.07, 6.45) is 5.14. The first-order valence-corrected chi connectivity index (χ1v) is 8.85. The summed E-state index contributed by atoms with van der Waals surface area (Å²) in [6, 6.07) is 5.07. The summed E-state index contributed by atoms with van der Waals surface area (Å²) in [6.45, 7) is 1.44. The average Bonchev–Trinajstić information content (AvgIpc) is 3.10. The zero-order valence-electron chi connectivity index (χ0n) is 14.0. The van der Waals surface area contributed by atoms with Gasteiger partial charge in [0, 0.05) is 35.8 Å². The maximum absolute atomic E-state index is 12.5. The second-order valence-corrected chi connectivity index (χ2v) is 6.59. The van der Waals surface area contributed by atoms with Crippen molar-refractivity contribution in [2.45, 2.75) is 25.4 Å². The third-order valence-corrected chi connectivity index (χ3v) is 4.50. The van der Waals surface area contributed by atoms with Crippen LogP contribution in [0.3, 0.4) is 0 Å². The highest BCUT2D eigenvalue weighted by molar-refractivity contribution is 6.35. The van der Waals surface area contributed by atoms with Crippen LogP contribution in [0.1, 0.15) is 24.8 Å². The van der Waals surface area contributed by atoms with Gasteiger partial charge in [0.25, 0.3) is 0 Å². The molecular formula is C18H21Cl2NO4. The lowest BCUT2D eigenvalue weighted by molar-refractivity contribution is -0.141. The highest BCUT2D eigenvalue weighted by Crippen LogP contribution is 2.22. The number of halogens is 2. The lowest BCUT2D eigenvalue weighted by atomic mass is 10.2. The number of hydrogen-bond donors (Lipinski definition) is 0. The van der Waals surface area contributed by atoms with Crippen LogP contribution in [0.25, 0.3) is 6.08 Å². The highest BCUT2D eigenvalue weighted by atomic mass is 35.5. The minimum atomic E-state index is -0.352. The van der Waals surface area contributed by atoms with Gasteiger partial charge in [-0.15, -0.1) is 0 Å². The van der Waals surface area contributed by atoms with Crippen molar-refractivity contribution < 1.29 is 19.1 Å². The molecule has 1 aliphatic heterocycles. The Morgan fingerprint density at radius 2 is 2.20 bits per heavy atom. The number of carbonyl (C=O) groups is 2. The van der Waals surface area contributed by atoms with Gasteiger partial charge >= 0.3 is 5.97 Å². The maximum atomic E-state index is 12.5. The van der Waals surface area contributed by atoms with Gasteiger partial charge in [0.15, 0.2) is 0 Å². The fraction of sp³-hybridized carbons (Fsp3) is 0.444. The molecule has 0 N–H and O–H groups in total. The minimum absolute atomic E-state index is 0.00844. The van der Waals surface area contributed by atoms with Gasteiger partial charge in [-0.3, -0.25) is 9.59 Å². The predicted molar refractivity (Wildman–Crippen MR) is 97.7 cm³/mol. The van der Waals surface area contributed by atoms with Crippen molar-refractivity contribution in [2.24, 2.45) is 0 Å². The smallest absolute Gasteiger partial charge is 0.307 e. The summed E-state index contributed by atoms with van der Waals surface area (Å²) < 4.78 is 10.2. The summed E-state index contributed by atoms with van der Waals surface area (Å²) in [5, 5.41) is 1.00. The number of rotatable bonds is 7. The number of benzene rings is 1. The van der Waals surface area contributed by atoms with Gasteiger partial charge in [0.05, 0.1) is 19.6 Å². The molecule has 0 saturated carbocycles. The molecule has 1 amide bonds. The minimum Gasteiger partial charge on any atom is -0.469 e. The molecule has 1 aliphatic rings.